The van der Waals surface area contributed by atoms with Crippen LogP contribution in [0.5, 0.6) is 0 Å². The fraction of sp³-hybridized carbons (Fsp3) is 1.00. The lowest BCUT2D eigenvalue weighted by molar-refractivity contribution is 0.123. The zero-order valence-electron chi connectivity index (χ0n) is 10.1. The van der Waals surface area contributed by atoms with Gasteiger partial charge in [-0.3, -0.25) is 0 Å². The van der Waals surface area contributed by atoms with Crippen molar-refractivity contribution < 1.29 is 9.84 Å². The van der Waals surface area contributed by atoms with Crippen molar-refractivity contribution in [3.63, 3.8) is 0 Å². The third kappa shape index (κ3) is 4.09. The summed E-state index contributed by atoms with van der Waals surface area (Å²) < 4.78 is 5.45. The van der Waals surface area contributed by atoms with Crippen LogP contribution < -0.4 is 5.32 Å². The molecule has 0 radical (unpaired) electrons. The maximum atomic E-state index is 9.06. The number of hydrogen-bond acceptors (Lipinski definition) is 3. The van der Waals surface area contributed by atoms with Crippen LogP contribution in [0, 0.1) is 11.3 Å². The minimum absolute atomic E-state index is 0.197. The highest BCUT2D eigenvalue weighted by molar-refractivity contribution is 4.85. The third-order valence-electron chi connectivity index (χ3n) is 3.52. The molecule has 1 aliphatic heterocycles. The summed E-state index contributed by atoms with van der Waals surface area (Å²) in [6.45, 7) is 8.47. The van der Waals surface area contributed by atoms with Gasteiger partial charge < -0.3 is 15.2 Å². The Morgan fingerprint density at radius 1 is 1.53 bits per heavy atom. The molecule has 2 unspecified atom stereocenters. The lowest BCUT2D eigenvalue weighted by Gasteiger charge is -2.27. The molecular weight excluding hydrogens is 190 g/mol. The molecule has 1 heterocycles. The molecule has 0 aromatic rings. The van der Waals surface area contributed by atoms with E-state index >= 15 is 0 Å². The van der Waals surface area contributed by atoms with E-state index in [4.69, 9.17) is 9.84 Å². The molecule has 15 heavy (non-hydrogen) atoms. The van der Waals surface area contributed by atoms with Gasteiger partial charge in [0.2, 0.25) is 0 Å². The Kier molecular flexibility index (Phi) is 5.58. The van der Waals surface area contributed by atoms with Gasteiger partial charge in [-0.2, -0.15) is 0 Å². The second kappa shape index (κ2) is 6.46. The highest BCUT2D eigenvalue weighted by Gasteiger charge is 2.33. The molecule has 0 amide bonds. The first-order valence-electron chi connectivity index (χ1n) is 6.12. The molecule has 90 valence electrons. The van der Waals surface area contributed by atoms with E-state index in [1.165, 1.54) is 6.42 Å². The van der Waals surface area contributed by atoms with Crippen molar-refractivity contribution in [2.24, 2.45) is 11.3 Å². The summed E-state index contributed by atoms with van der Waals surface area (Å²) in [5.74, 6) is 0.735. The summed E-state index contributed by atoms with van der Waals surface area (Å²) in [7, 11) is 0. The fourth-order valence-electron chi connectivity index (χ4n) is 2.04. The van der Waals surface area contributed by atoms with Crippen LogP contribution in [-0.2, 0) is 4.74 Å². The summed E-state index contributed by atoms with van der Waals surface area (Å²) in [6, 6.07) is 0. The summed E-state index contributed by atoms with van der Waals surface area (Å²) >= 11 is 0. The number of aliphatic hydroxyl groups is 1. The summed E-state index contributed by atoms with van der Waals surface area (Å²) in [5, 5.41) is 12.6. The molecule has 1 saturated heterocycles. The first-order valence-corrected chi connectivity index (χ1v) is 6.12. The van der Waals surface area contributed by atoms with Gasteiger partial charge in [-0.15, -0.1) is 0 Å². The van der Waals surface area contributed by atoms with Crippen LogP contribution in [0.3, 0.4) is 0 Å². The highest BCUT2D eigenvalue weighted by atomic mass is 16.5. The molecule has 1 aliphatic rings. The SMILES string of the molecule is CCC(C)CNCC1(CCO)CCOC1. The van der Waals surface area contributed by atoms with E-state index < -0.39 is 0 Å². The van der Waals surface area contributed by atoms with Crippen molar-refractivity contribution in [2.75, 3.05) is 32.9 Å². The average molecular weight is 215 g/mol. The van der Waals surface area contributed by atoms with E-state index in [0.29, 0.717) is 0 Å². The first kappa shape index (κ1) is 12.9. The molecule has 0 aliphatic carbocycles. The van der Waals surface area contributed by atoms with Crippen molar-refractivity contribution in [2.45, 2.75) is 33.1 Å². The average Bonchev–Trinajstić information content (AvgIpc) is 2.67. The van der Waals surface area contributed by atoms with E-state index in [1.54, 1.807) is 0 Å². The zero-order valence-corrected chi connectivity index (χ0v) is 10.1. The quantitative estimate of drug-likeness (QED) is 0.675. The Morgan fingerprint density at radius 3 is 2.87 bits per heavy atom. The zero-order chi connectivity index (χ0) is 11.1. The molecule has 1 fully saturated rings. The molecule has 3 heteroatoms. The van der Waals surface area contributed by atoms with E-state index in [1.807, 2.05) is 0 Å². The lowest BCUT2D eigenvalue weighted by Crippen LogP contribution is -2.37. The van der Waals surface area contributed by atoms with Crippen molar-refractivity contribution in [1.82, 2.24) is 5.32 Å². The van der Waals surface area contributed by atoms with Gasteiger partial charge in [0.1, 0.15) is 0 Å². The molecule has 0 aromatic carbocycles. The molecule has 0 saturated carbocycles. The van der Waals surface area contributed by atoms with Gasteiger partial charge in [0.15, 0.2) is 0 Å². The van der Waals surface area contributed by atoms with Crippen LogP contribution in [0.4, 0.5) is 0 Å². The highest BCUT2D eigenvalue weighted by Crippen LogP contribution is 2.31. The predicted molar refractivity (Wildman–Crippen MR) is 61.9 cm³/mol. The van der Waals surface area contributed by atoms with E-state index in [2.05, 4.69) is 19.2 Å². The van der Waals surface area contributed by atoms with Crippen LogP contribution in [0.1, 0.15) is 33.1 Å². The Morgan fingerprint density at radius 2 is 2.33 bits per heavy atom. The van der Waals surface area contributed by atoms with Crippen LogP contribution in [0.25, 0.3) is 0 Å². The largest absolute Gasteiger partial charge is 0.396 e. The maximum absolute atomic E-state index is 9.06. The molecule has 2 N–H and O–H groups in total. The molecule has 0 spiro atoms. The minimum atomic E-state index is 0.197. The number of ether oxygens (including phenoxy) is 1. The number of aliphatic hydroxyl groups excluding tert-OH is 1. The van der Waals surface area contributed by atoms with Crippen LogP contribution >= 0.6 is 0 Å². The van der Waals surface area contributed by atoms with Gasteiger partial charge >= 0.3 is 0 Å². The molecule has 3 nitrogen and oxygen atoms in total. The van der Waals surface area contributed by atoms with Gasteiger partial charge in [0.25, 0.3) is 0 Å². The van der Waals surface area contributed by atoms with Crippen LogP contribution in [0.15, 0.2) is 0 Å². The summed E-state index contributed by atoms with van der Waals surface area (Å²) in [6.07, 6.45) is 3.16. The molecule has 2 atom stereocenters. The maximum Gasteiger partial charge on any atom is 0.0536 e. The monoisotopic (exact) mass is 215 g/mol. The lowest BCUT2D eigenvalue weighted by atomic mass is 9.84. The topological polar surface area (TPSA) is 41.5 Å². The number of rotatable bonds is 7. The minimum Gasteiger partial charge on any atom is -0.396 e. The van der Waals surface area contributed by atoms with Gasteiger partial charge in [-0.05, 0) is 25.3 Å². The van der Waals surface area contributed by atoms with Gasteiger partial charge in [-0.25, -0.2) is 0 Å². The fourth-order valence-corrected chi connectivity index (χ4v) is 2.04. The van der Waals surface area contributed by atoms with Crippen LogP contribution in [-0.4, -0.2) is 38.0 Å². The van der Waals surface area contributed by atoms with Gasteiger partial charge in [0.05, 0.1) is 6.61 Å². The summed E-state index contributed by atoms with van der Waals surface area (Å²) in [4.78, 5) is 0. The van der Waals surface area contributed by atoms with E-state index in [9.17, 15) is 0 Å². The molecule has 0 aromatic heterocycles. The van der Waals surface area contributed by atoms with E-state index in [-0.39, 0.29) is 12.0 Å². The molecular formula is C12H25NO2. The van der Waals surface area contributed by atoms with E-state index in [0.717, 1.165) is 45.1 Å². The normalized spacial score (nSPS) is 28.2. The number of hydrogen-bond donors (Lipinski definition) is 2. The second-order valence-electron chi connectivity index (χ2n) is 4.92. The Hall–Kier alpha value is -0.120. The molecule has 0 bridgehead atoms. The van der Waals surface area contributed by atoms with Crippen molar-refractivity contribution >= 4 is 0 Å². The standard InChI is InChI=1S/C12H25NO2/c1-3-11(2)8-13-9-12(4-6-14)5-7-15-10-12/h11,13-14H,3-10H2,1-2H3. The second-order valence-corrected chi connectivity index (χ2v) is 4.92. The number of nitrogens with one attached hydrogen (secondary N) is 1. The van der Waals surface area contributed by atoms with Crippen LogP contribution in [0.2, 0.25) is 0 Å². The Balaban J connectivity index is 2.26. The predicted octanol–water partition coefficient (Wildman–Crippen LogP) is 1.41. The third-order valence-corrected chi connectivity index (χ3v) is 3.52. The van der Waals surface area contributed by atoms with Gasteiger partial charge in [0, 0.05) is 25.2 Å². The first-order chi connectivity index (χ1) is 7.22. The van der Waals surface area contributed by atoms with Crippen molar-refractivity contribution in [3.8, 4) is 0 Å². The molecule has 1 rings (SSSR count). The van der Waals surface area contributed by atoms with Crippen molar-refractivity contribution in [3.05, 3.63) is 0 Å². The smallest absolute Gasteiger partial charge is 0.0536 e. The Labute approximate surface area is 93.2 Å². The summed E-state index contributed by atoms with van der Waals surface area (Å²) in [5.41, 5.74) is 0.197. The Bertz CT molecular complexity index is 167. The van der Waals surface area contributed by atoms with Gasteiger partial charge in [-0.1, -0.05) is 20.3 Å². The van der Waals surface area contributed by atoms with Crippen molar-refractivity contribution in [1.29, 1.82) is 0 Å².